The first-order valence-corrected chi connectivity index (χ1v) is 6.65. The van der Waals surface area contributed by atoms with E-state index in [9.17, 15) is 14.7 Å². The van der Waals surface area contributed by atoms with Gasteiger partial charge in [0.25, 0.3) is 0 Å². The van der Waals surface area contributed by atoms with E-state index in [0.29, 0.717) is 11.7 Å². The first kappa shape index (κ1) is 16.2. The van der Waals surface area contributed by atoms with Crippen LogP contribution in [0, 0.1) is 0 Å². The highest BCUT2D eigenvalue weighted by Gasteiger charge is 2.09. The molecular weight excluding hydrogens is 292 g/mol. The number of carbonyl (C=O) groups excluding carboxylic acids is 1. The largest absolute Gasteiger partial charge is 0.507 e. The lowest BCUT2D eigenvalue weighted by Gasteiger charge is -2.07. The molecule has 0 unspecified atom stereocenters. The lowest BCUT2D eigenvalue weighted by Crippen LogP contribution is -1.95. The molecule has 3 aromatic rings. The minimum absolute atomic E-state index is 0. The Morgan fingerprint density at radius 3 is 2.39 bits per heavy atom. The maximum absolute atomic E-state index is 11.1. The molecule has 0 radical (unpaired) electrons. The van der Waals surface area contributed by atoms with Crippen molar-refractivity contribution in [3.63, 3.8) is 0 Å². The molecule has 0 spiro atoms. The lowest BCUT2D eigenvalue weighted by molar-refractivity contribution is 0.0696. The van der Waals surface area contributed by atoms with E-state index >= 15 is 0 Å². The van der Waals surface area contributed by atoms with Gasteiger partial charge >= 0.3 is 5.97 Å². The Morgan fingerprint density at radius 1 is 0.957 bits per heavy atom. The highest BCUT2D eigenvalue weighted by Crippen LogP contribution is 2.30. The van der Waals surface area contributed by atoms with Gasteiger partial charge in [-0.15, -0.1) is 0 Å². The maximum atomic E-state index is 11.1. The van der Waals surface area contributed by atoms with Crippen LogP contribution in [0.15, 0.2) is 54.6 Å². The van der Waals surface area contributed by atoms with E-state index < -0.39 is 5.97 Å². The van der Waals surface area contributed by atoms with Crippen LogP contribution in [0.4, 0.5) is 0 Å². The van der Waals surface area contributed by atoms with Gasteiger partial charge in [0.05, 0.1) is 11.1 Å². The average Bonchev–Trinajstić information content (AvgIpc) is 2.54. The van der Waals surface area contributed by atoms with Crippen LogP contribution in [0.2, 0.25) is 0 Å². The summed E-state index contributed by atoms with van der Waals surface area (Å²) in [6.07, 6.45) is 0.627. The summed E-state index contributed by atoms with van der Waals surface area (Å²) in [4.78, 5) is 22.1. The Labute approximate surface area is 133 Å². The standard InChI is InChI=1S/C18H12O4.CH4/c19-10-16-15-6-4-12(8-13(15)5-7-17(16)20)11-2-1-3-14(9-11)18(21)22;/h1-10,20H,(H,21,22);1H4. The molecule has 116 valence electrons. The SMILES string of the molecule is C.O=Cc1c(O)ccc2cc(-c3cccc(C(=O)O)c3)ccc12. The first-order valence-electron chi connectivity index (χ1n) is 6.65. The molecule has 0 aliphatic rings. The van der Waals surface area contributed by atoms with Crippen molar-refractivity contribution < 1.29 is 19.8 Å². The van der Waals surface area contributed by atoms with Crippen molar-refractivity contribution in [2.24, 2.45) is 0 Å². The molecule has 4 nitrogen and oxygen atoms in total. The Kier molecular flexibility index (Phi) is 4.46. The number of carbonyl (C=O) groups is 2. The zero-order chi connectivity index (χ0) is 15.7. The van der Waals surface area contributed by atoms with E-state index in [-0.39, 0.29) is 24.3 Å². The summed E-state index contributed by atoms with van der Waals surface area (Å²) in [7, 11) is 0. The number of rotatable bonds is 3. The topological polar surface area (TPSA) is 74.6 Å². The number of carboxylic acid groups (broad SMARTS) is 1. The Bertz CT molecular complexity index is 897. The fourth-order valence-corrected chi connectivity index (χ4v) is 2.48. The lowest BCUT2D eigenvalue weighted by atomic mass is 9.97. The number of fused-ring (bicyclic) bond motifs is 1. The van der Waals surface area contributed by atoms with Crippen molar-refractivity contribution in [2.75, 3.05) is 0 Å². The summed E-state index contributed by atoms with van der Waals surface area (Å²) in [5.41, 5.74) is 2.10. The number of benzene rings is 3. The van der Waals surface area contributed by atoms with Gasteiger partial charge in [0, 0.05) is 0 Å². The molecule has 2 N–H and O–H groups in total. The third-order valence-electron chi connectivity index (χ3n) is 3.60. The number of aromatic carboxylic acids is 1. The Hall–Kier alpha value is -3.14. The van der Waals surface area contributed by atoms with Gasteiger partial charge in [-0.2, -0.15) is 0 Å². The average molecular weight is 308 g/mol. The molecule has 0 heterocycles. The van der Waals surface area contributed by atoms with Crippen LogP contribution in [-0.2, 0) is 0 Å². The van der Waals surface area contributed by atoms with Crippen molar-refractivity contribution in [3.8, 4) is 16.9 Å². The van der Waals surface area contributed by atoms with Gasteiger partial charge in [-0.05, 0) is 46.2 Å². The van der Waals surface area contributed by atoms with Gasteiger partial charge in [-0.25, -0.2) is 4.79 Å². The van der Waals surface area contributed by atoms with E-state index in [4.69, 9.17) is 5.11 Å². The van der Waals surface area contributed by atoms with Crippen LogP contribution in [0.1, 0.15) is 28.1 Å². The van der Waals surface area contributed by atoms with Gasteiger partial charge in [0.15, 0.2) is 6.29 Å². The van der Waals surface area contributed by atoms with E-state index in [1.54, 1.807) is 30.3 Å². The molecule has 0 fully saturated rings. The number of phenolic OH excluding ortho intramolecular Hbond substituents is 1. The monoisotopic (exact) mass is 308 g/mol. The highest BCUT2D eigenvalue weighted by molar-refractivity contribution is 6.02. The highest BCUT2D eigenvalue weighted by atomic mass is 16.4. The summed E-state index contributed by atoms with van der Waals surface area (Å²) in [5, 5.41) is 20.2. The molecule has 23 heavy (non-hydrogen) atoms. The molecule has 0 aliphatic heterocycles. The second kappa shape index (κ2) is 6.32. The molecule has 3 aromatic carbocycles. The molecule has 0 bridgehead atoms. The van der Waals surface area contributed by atoms with Crippen LogP contribution in [0.3, 0.4) is 0 Å². The zero-order valence-corrected chi connectivity index (χ0v) is 11.5. The summed E-state index contributed by atoms with van der Waals surface area (Å²) < 4.78 is 0. The molecule has 0 atom stereocenters. The number of carboxylic acids is 1. The smallest absolute Gasteiger partial charge is 0.335 e. The number of hydrogen-bond acceptors (Lipinski definition) is 3. The molecular formula is C19H16O4. The van der Waals surface area contributed by atoms with Gasteiger partial charge in [0.2, 0.25) is 0 Å². The Balaban J connectivity index is 0.00000192. The fraction of sp³-hybridized carbons (Fsp3) is 0.0526. The number of aldehydes is 1. The third-order valence-corrected chi connectivity index (χ3v) is 3.60. The molecule has 0 aliphatic carbocycles. The molecule has 0 aromatic heterocycles. The normalized spacial score (nSPS) is 10.1. The molecule has 3 rings (SSSR count). The summed E-state index contributed by atoms with van der Waals surface area (Å²) in [5.74, 6) is -1.03. The van der Waals surface area contributed by atoms with Crippen LogP contribution >= 0.6 is 0 Å². The minimum Gasteiger partial charge on any atom is -0.507 e. The fourth-order valence-electron chi connectivity index (χ4n) is 2.48. The van der Waals surface area contributed by atoms with E-state index in [2.05, 4.69) is 0 Å². The summed E-state index contributed by atoms with van der Waals surface area (Å²) >= 11 is 0. The number of phenols is 1. The maximum Gasteiger partial charge on any atom is 0.335 e. The second-order valence-electron chi connectivity index (χ2n) is 4.94. The van der Waals surface area contributed by atoms with Crippen LogP contribution in [0.5, 0.6) is 5.75 Å². The molecule has 0 saturated carbocycles. The van der Waals surface area contributed by atoms with Crippen LogP contribution < -0.4 is 0 Å². The molecule has 4 heteroatoms. The van der Waals surface area contributed by atoms with Crippen LogP contribution in [-0.4, -0.2) is 22.5 Å². The van der Waals surface area contributed by atoms with Gasteiger partial charge in [-0.1, -0.05) is 37.8 Å². The van der Waals surface area contributed by atoms with Crippen molar-refractivity contribution in [2.45, 2.75) is 7.43 Å². The molecule has 0 saturated heterocycles. The van der Waals surface area contributed by atoms with Gasteiger partial charge in [0.1, 0.15) is 5.75 Å². The summed E-state index contributed by atoms with van der Waals surface area (Å²) in [6.45, 7) is 0. The van der Waals surface area contributed by atoms with E-state index in [1.807, 2.05) is 12.1 Å². The van der Waals surface area contributed by atoms with Crippen molar-refractivity contribution >= 4 is 23.0 Å². The quantitative estimate of drug-likeness (QED) is 0.705. The number of aromatic hydroxyl groups is 1. The second-order valence-corrected chi connectivity index (χ2v) is 4.94. The Morgan fingerprint density at radius 2 is 1.70 bits per heavy atom. The van der Waals surface area contributed by atoms with Crippen molar-refractivity contribution in [1.29, 1.82) is 0 Å². The summed E-state index contributed by atoms with van der Waals surface area (Å²) in [6, 6.07) is 15.3. The van der Waals surface area contributed by atoms with Crippen molar-refractivity contribution in [3.05, 3.63) is 65.7 Å². The predicted octanol–water partition coefficient (Wildman–Crippen LogP) is 4.36. The van der Waals surface area contributed by atoms with Crippen molar-refractivity contribution in [1.82, 2.24) is 0 Å². The van der Waals surface area contributed by atoms with Gasteiger partial charge in [-0.3, -0.25) is 4.79 Å². The third kappa shape index (κ3) is 2.92. The number of hydrogen-bond donors (Lipinski definition) is 2. The van der Waals surface area contributed by atoms with E-state index in [1.165, 1.54) is 12.1 Å². The zero-order valence-electron chi connectivity index (χ0n) is 11.5. The molecule has 0 amide bonds. The predicted molar refractivity (Wildman–Crippen MR) is 90.1 cm³/mol. The first-order chi connectivity index (χ1) is 10.6. The van der Waals surface area contributed by atoms with Gasteiger partial charge < -0.3 is 10.2 Å². The van der Waals surface area contributed by atoms with E-state index in [0.717, 1.165) is 16.5 Å². The minimum atomic E-state index is -0.976. The van der Waals surface area contributed by atoms with Crippen LogP contribution in [0.25, 0.3) is 21.9 Å².